The molecule has 0 aliphatic carbocycles. The van der Waals surface area contributed by atoms with E-state index in [0.717, 1.165) is 4.31 Å². The summed E-state index contributed by atoms with van der Waals surface area (Å²) in [4.78, 5) is 27.4. The minimum Gasteiger partial charge on any atom is -0.497 e. The predicted molar refractivity (Wildman–Crippen MR) is 136 cm³/mol. The number of amides is 2. The summed E-state index contributed by atoms with van der Waals surface area (Å²) in [5, 5.41) is 9.64. The van der Waals surface area contributed by atoms with Gasteiger partial charge in [0.05, 0.1) is 17.5 Å². The number of nitrogens with one attached hydrogen (secondary N) is 1. The van der Waals surface area contributed by atoms with Gasteiger partial charge in [0.25, 0.3) is 5.91 Å². The van der Waals surface area contributed by atoms with Crippen molar-refractivity contribution in [1.29, 1.82) is 0 Å². The van der Waals surface area contributed by atoms with Crippen LogP contribution >= 0.6 is 12.4 Å². The maximum atomic E-state index is 14.0. The summed E-state index contributed by atoms with van der Waals surface area (Å²) in [6.07, 6.45) is -0.0487. The van der Waals surface area contributed by atoms with Crippen molar-refractivity contribution in [3.63, 3.8) is 0 Å². The van der Waals surface area contributed by atoms with Crippen molar-refractivity contribution in [1.82, 2.24) is 14.7 Å². The molecule has 12 heteroatoms. The maximum Gasteiger partial charge on any atom is 0.265 e. The number of rotatable bonds is 8. The van der Waals surface area contributed by atoms with Gasteiger partial charge in [-0.05, 0) is 56.5 Å². The van der Waals surface area contributed by atoms with Gasteiger partial charge < -0.3 is 15.4 Å². The zero-order valence-corrected chi connectivity index (χ0v) is 22.1. The van der Waals surface area contributed by atoms with Crippen LogP contribution in [0.3, 0.4) is 0 Å². The lowest BCUT2D eigenvalue weighted by Gasteiger charge is -2.46. The molecule has 1 heterocycles. The first-order chi connectivity index (χ1) is 16.5. The molecule has 2 aromatic carbocycles. The number of methoxy groups -OCH3 is 1. The van der Waals surface area contributed by atoms with E-state index in [9.17, 15) is 23.2 Å². The van der Waals surface area contributed by atoms with E-state index in [1.807, 2.05) is 0 Å². The molecule has 10 nitrogen and oxygen atoms in total. The number of carbonyl (C=O) groups excluding carboxylic acids is 2. The highest BCUT2D eigenvalue weighted by Gasteiger charge is 2.52. The number of ether oxygens (including phenoxy) is 1. The fourth-order valence-corrected chi connectivity index (χ4v) is 6.05. The lowest BCUT2D eigenvalue weighted by atomic mass is 9.85. The van der Waals surface area contributed by atoms with Crippen LogP contribution in [0.15, 0.2) is 59.5 Å². The Bertz CT molecular complexity index is 1150. The quantitative estimate of drug-likeness (QED) is 0.343. The topological polar surface area (TPSA) is 142 Å². The largest absolute Gasteiger partial charge is 0.497 e. The number of sulfonamides is 1. The van der Waals surface area contributed by atoms with Crippen LogP contribution in [0.2, 0.25) is 0 Å². The number of hydroxylamine groups is 1. The van der Waals surface area contributed by atoms with Gasteiger partial charge in [-0.25, -0.2) is 13.9 Å². The molecule has 1 saturated heterocycles. The van der Waals surface area contributed by atoms with Crippen LogP contribution in [0.25, 0.3) is 0 Å². The summed E-state index contributed by atoms with van der Waals surface area (Å²) in [5.74, 6) is -0.676. The summed E-state index contributed by atoms with van der Waals surface area (Å²) < 4.78 is 34.2. The Balaban J connectivity index is 0.00000456. The van der Waals surface area contributed by atoms with E-state index in [1.54, 1.807) is 49.7 Å². The summed E-state index contributed by atoms with van der Waals surface area (Å²) in [6.45, 7) is 3.26. The third-order valence-electron chi connectivity index (χ3n) is 6.25. The van der Waals surface area contributed by atoms with E-state index in [0.29, 0.717) is 11.3 Å². The molecule has 198 valence electrons. The first-order valence-corrected chi connectivity index (χ1v) is 12.6. The van der Waals surface area contributed by atoms with E-state index in [-0.39, 0.29) is 55.7 Å². The number of hydrogen-bond acceptors (Lipinski definition) is 7. The minimum absolute atomic E-state index is 0. The zero-order valence-electron chi connectivity index (χ0n) is 20.5. The number of nitrogens with two attached hydrogens (primary N) is 1. The molecule has 0 spiro atoms. The van der Waals surface area contributed by atoms with Crippen LogP contribution < -0.4 is 16.0 Å². The first-order valence-electron chi connectivity index (χ1n) is 11.2. The molecule has 3 rings (SSSR count). The molecule has 0 atom stereocenters. The number of piperidine rings is 1. The fraction of sp³-hybridized carbons (Fsp3) is 0.417. The lowest BCUT2D eigenvalue weighted by molar-refractivity contribution is -0.147. The van der Waals surface area contributed by atoms with E-state index >= 15 is 0 Å². The number of carbonyl (C=O) groups is 2. The Hall–Kier alpha value is -2.70. The number of nitrogens with zero attached hydrogens (tertiary/aromatic N) is 2. The standard InChI is InChI=1S/C24H32N4O6S.ClH/c1-23(2,25)22(30)27-15-13-24(14-16-27,21(29)26-31)28(17-18-7-5-4-6-8-18)35(32,33)20-11-9-19(34-3)10-12-20;/h4-12,31H,13-17,25H2,1-3H3,(H,26,29);1H. The highest BCUT2D eigenvalue weighted by molar-refractivity contribution is 7.89. The van der Waals surface area contributed by atoms with Crippen LogP contribution in [-0.4, -0.2) is 65.9 Å². The second-order valence-corrected chi connectivity index (χ2v) is 11.0. The van der Waals surface area contributed by atoms with Gasteiger partial charge in [-0.1, -0.05) is 30.3 Å². The van der Waals surface area contributed by atoms with Crippen molar-refractivity contribution in [3.8, 4) is 5.75 Å². The second kappa shape index (κ2) is 11.6. The van der Waals surface area contributed by atoms with Gasteiger partial charge in [0.1, 0.15) is 11.3 Å². The van der Waals surface area contributed by atoms with Gasteiger partial charge in [-0.2, -0.15) is 4.31 Å². The molecule has 0 saturated carbocycles. The molecule has 1 aliphatic rings. The molecule has 0 unspecified atom stereocenters. The Kier molecular flexibility index (Phi) is 9.49. The third kappa shape index (κ3) is 5.98. The van der Waals surface area contributed by atoms with Crippen LogP contribution in [0.4, 0.5) is 0 Å². The highest BCUT2D eigenvalue weighted by atomic mass is 35.5. The number of benzene rings is 2. The maximum absolute atomic E-state index is 14.0. The van der Waals surface area contributed by atoms with Gasteiger partial charge >= 0.3 is 0 Å². The van der Waals surface area contributed by atoms with E-state index in [1.165, 1.54) is 36.3 Å². The molecule has 36 heavy (non-hydrogen) atoms. The minimum atomic E-state index is -4.23. The van der Waals surface area contributed by atoms with Gasteiger partial charge in [0.15, 0.2) is 0 Å². The fourth-order valence-electron chi connectivity index (χ4n) is 4.27. The van der Waals surface area contributed by atoms with Crippen LogP contribution in [0, 0.1) is 0 Å². The summed E-state index contributed by atoms with van der Waals surface area (Å²) in [6, 6.07) is 14.7. The van der Waals surface area contributed by atoms with Crippen molar-refractivity contribution >= 4 is 34.2 Å². The van der Waals surface area contributed by atoms with Crippen molar-refractivity contribution in [3.05, 3.63) is 60.2 Å². The Morgan fingerprint density at radius 3 is 2.14 bits per heavy atom. The smallest absolute Gasteiger partial charge is 0.265 e. The molecule has 1 aliphatic heterocycles. The second-order valence-electron chi connectivity index (χ2n) is 9.16. The van der Waals surface area contributed by atoms with Crippen molar-refractivity contribution < 1.29 is 28.0 Å². The van der Waals surface area contributed by atoms with Crippen LogP contribution in [0.5, 0.6) is 5.75 Å². The average Bonchev–Trinajstić information content (AvgIpc) is 2.86. The molecular weight excluding hydrogens is 508 g/mol. The predicted octanol–water partition coefficient (Wildman–Crippen LogP) is 1.91. The van der Waals surface area contributed by atoms with Gasteiger partial charge in [0, 0.05) is 19.6 Å². The molecule has 2 amide bonds. The molecule has 0 radical (unpaired) electrons. The molecule has 2 aromatic rings. The Morgan fingerprint density at radius 2 is 1.67 bits per heavy atom. The third-order valence-corrected chi connectivity index (χ3v) is 8.17. The van der Waals surface area contributed by atoms with Crippen molar-refractivity contribution in [2.45, 2.75) is 49.2 Å². The summed E-state index contributed by atoms with van der Waals surface area (Å²) >= 11 is 0. The number of halogens is 1. The molecule has 1 fully saturated rings. The highest BCUT2D eigenvalue weighted by Crippen LogP contribution is 2.36. The first kappa shape index (κ1) is 29.5. The van der Waals surface area contributed by atoms with Gasteiger partial charge in [-0.15, -0.1) is 12.4 Å². The van der Waals surface area contributed by atoms with E-state index in [4.69, 9.17) is 10.5 Å². The van der Waals surface area contributed by atoms with Gasteiger partial charge in [0.2, 0.25) is 15.9 Å². The number of hydrogen-bond donors (Lipinski definition) is 3. The lowest BCUT2D eigenvalue weighted by Crippen LogP contribution is -2.65. The molecule has 0 bridgehead atoms. The normalized spacial score (nSPS) is 15.7. The van der Waals surface area contributed by atoms with Gasteiger partial charge in [-0.3, -0.25) is 14.8 Å². The molecular formula is C24H33ClN4O6S. The van der Waals surface area contributed by atoms with Crippen molar-refractivity contribution in [2.75, 3.05) is 20.2 Å². The Labute approximate surface area is 217 Å². The van der Waals surface area contributed by atoms with E-state index in [2.05, 4.69) is 0 Å². The molecule has 4 N–H and O–H groups in total. The van der Waals surface area contributed by atoms with E-state index < -0.39 is 27.0 Å². The average molecular weight is 541 g/mol. The van der Waals surface area contributed by atoms with Crippen LogP contribution in [-0.2, 0) is 26.2 Å². The van der Waals surface area contributed by atoms with Crippen LogP contribution in [0.1, 0.15) is 32.3 Å². The number of likely N-dealkylation sites (tertiary alicyclic amines) is 1. The zero-order chi connectivity index (χ0) is 25.9. The molecule has 0 aromatic heterocycles. The summed E-state index contributed by atoms with van der Waals surface area (Å²) in [5.41, 5.74) is 5.54. The monoisotopic (exact) mass is 540 g/mol. The SMILES string of the molecule is COc1ccc(S(=O)(=O)N(Cc2ccccc2)C2(C(=O)NO)CCN(C(=O)C(C)(C)N)CC2)cc1.Cl. The summed E-state index contributed by atoms with van der Waals surface area (Å²) in [7, 11) is -2.75. The van der Waals surface area contributed by atoms with Crippen molar-refractivity contribution in [2.24, 2.45) is 5.73 Å². The Morgan fingerprint density at radius 1 is 1.11 bits per heavy atom.